The second-order valence-electron chi connectivity index (χ2n) is 6.94. The Bertz CT molecular complexity index is 919. The van der Waals surface area contributed by atoms with Crippen LogP contribution in [0, 0.1) is 0 Å². The highest BCUT2D eigenvalue weighted by Crippen LogP contribution is 2.40. The molecule has 0 saturated carbocycles. The number of benzene rings is 1. The van der Waals surface area contributed by atoms with Gasteiger partial charge in [-0.25, -0.2) is 9.69 Å². The van der Waals surface area contributed by atoms with Crippen LogP contribution in [0.3, 0.4) is 0 Å². The minimum Gasteiger partial charge on any atom is -0.465 e. The average molecular weight is 355 g/mol. The number of nitrogens with zero attached hydrogens (tertiary/aromatic N) is 3. The van der Waals surface area contributed by atoms with Gasteiger partial charge in [-0.1, -0.05) is 0 Å². The van der Waals surface area contributed by atoms with E-state index in [1.807, 2.05) is 25.1 Å². The average Bonchev–Trinajstić information content (AvgIpc) is 3.23. The number of aromatic nitrogens is 1. The summed E-state index contributed by atoms with van der Waals surface area (Å²) in [6, 6.07) is 7.02. The lowest BCUT2D eigenvalue weighted by molar-refractivity contribution is -0.143. The van der Waals surface area contributed by atoms with Crippen molar-refractivity contribution >= 4 is 34.5 Å². The predicted octanol–water partition coefficient (Wildman–Crippen LogP) is 2.53. The first-order valence-electron chi connectivity index (χ1n) is 8.86. The van der Waals surface area contributed by atoms with Crippen LogP contribution < -0.4 is 4.90 Å². The zero-order valence-corrected chi connectivity index (χ0v) is 14.9. The molecule has 0 unspecified atom stereocenters. The third-order valence-corrected chi connectivity index (χ3v) is 5.34. The quantitative estimate of drug-likeness (QED) is 0.624. The summed E-state index contributed by atoms with van der Waals surface area (Å²) >= 11 is 0. The van der Waals surface area contributed by atoms with Gasteiger partial charge in [0.25, 0.3) is 5.91 Å². The van der Waals surface area contributed by atoms with Crippen LogP contribution in [-0.4, -0.2) is 46.1 Å². The normalized spacial score (nSPS) is 22.4. The highest BCUT2D eigenvalue weighted by molar-refractivity contribution is 6.23. The van der Waals surface area contributed by atoms with Crippen molar-refractivity contribution in [2.45, 2.75) is 38.8 Å². The zero-order valence-electron chi connectivity index (χ0n) is 14.9. The summed E-state index contributed by atoms with van der Waals surface area (Å²) in [5, 5.41) is 0.865. The van der Waals surface area contributed by atoms with Crippen LogP contribution >= 0.6 is 0 Å². The van der Waals surface area contributed by atoms with Gasteiger partial charge in [-0.15, -0.1) is 0 Å². The lowest BCUT2D eigenvalue weighted by atomic mass is 9.99. The molecule has 136 valence electrons. The molecule has 7 heteroatoms. The topological polar surface area (TPSA) is 71.8 Å². The molecule has 1 aromatic carbocycles. The predicted molar refractivity (Wildman–Crippen MR) is 95.8 cm³/mol. The smallest absolute Gasteiger partial charge is 0.332 e. The maximum Gasteiger partial charge on any atom is 0.332 e. The highest BCUT2D eigenvalue weighted by Gasteiger charge is 2.56. The van der Waals surface area contributed by atoms with Gasteiger partial charge in [-0.05, 0) is 51.0 Å². The number of imide groups is 1. The molecule has 3 heterocycles. The Kier molecular flexibility index (Phi) is 3.75. The van der Waals surface area contributed by atoms with Gasteiger partial charge in [0.2, 0.25) is 0 Å². The number of urea groups is 1. The summed E-state index contributed by atoms with van der Waals surface area (Å²) in [6.07, 6.45) is 3.36. The molecule has 2 aliphatic rings. The standard InChI is InChI=1S/C19H21N3O4/c1-3-26-16(23)12-20-10-7-13-11-14(5-6-15(13)20)22-17(24)19(2)8-4-9-21(19)18(22)25/h5-7,10-11H,3-4,8-9,12H2,1-2H3/t19-/m1/s1. The minimum atomic E-state index is -0.720. The van der Waals surface area contributed by atoms with Crippen molar-refractivity contribution in [3.05, 3.63) is 30.5 Å². The molecule has 0 N–H and O–H groups in total. The lowest BCUT2D eigenvalue weighted by Gasteiger charge is -2.22. The van der Waals surface area contributed by atoms with E-state index < -0.39 is 5.54 Å². The van der Waals surface area contributed by atoms with E-state index >= 15 is 0 Å². The largest absolute Gasteiger partial charge is 0.465 e. The molecule has 0 spiro atoms. The first-order chi connectivity index (χ1) is 12.5. The fourth-order valence-electron chi connectivity index (χ4n) is 3.98. The van der Waals surface area contributed by atoms with E-state index in [1.165, 1.54) is 4.90 Å². The fourth-order valence-corrected chi connectivity index (χ4v) is 3.98. The van der Waals surface area contributed by atoms with Gasteiger partial charge in [0.1, 0.15) is 12.1 Å². The van der Waals surface area contributed by atoms with Crippen molar-refractivity contribution in [1.82, 2.24) is 9.47 Å². The van der Waals surface area contributed by atoms with E-state index in [1.54, 1.807) is 28.7 Å². The number of fused-ring (bicyclic) bond motifs is 2. The lowest BCUT2D eigenvalue weighted by Crippen LogP contribution is -2.41. The summed E-state index contributed by atoms with van der Waals surface area (Å²) < 4.78 is 6.78. The van der Waals surface area contributed by atoms with E-state index in [2.05, 4.69) is 0 Å². The zero-order chi connectivity index (χ0) is 18.5. The Morgan fingerprint density at radius 2 is 2.08 bits per heavy atom. The fraction of sp³-hybridized carbons (Fsp3) is 0.421. The molecule has 0 bridgehead atoms. The molecule has 2 aromatic rings. The van der Waals surface area contributed by atoms with Gasteiger partial charge in [0, 0.05) is 23.6 Å². The molecule has 3 amide bonds. The van der Waals surface area contributed by atoms with Gasteiger partial charge < -0.3 is 14.2 Å². The Morgan fingerprint density at radius 3 is 2.81 bits per heavy atom. The van der Waals surface area contributed by atoms with Crippen molar-refractivity contribution in [1.29, 1.82) is 0 Å². The SMILES string of the molecule is CCOC(=O)Cn1ccc2cc(N3C(=O)N4CCC[C@]4(C)C3=O)ccc21. The van der Waals surface area contributed by atoms with Crippen LogP contribution in [0.25, 0.3) is 10.9 Å². The highest BCUT2D eigenvalue weighted by atomic mass is 16.5. The summed E-state index contributed by atoms with van der Waals surface area (Å²) in [6.45, 7) is 4.71. The van der Waals surface area contributed by atoms with E-state index in [0.29, 0.717) is 25.3 Å². The van der Waals surface area contributed by atoms with Crippen LogP contribution in [0.5, 0.6) is 0 Å². The van der Waals surface area contributed by atoms with Crippen molar-refractivity contribution in [3.63, 3.8) is 0 Å². The van der Waals surface area contributed by atoms with Crippen molar-refractivity contribution in [2.75, 3.05) is 18.1 Å². The van der Waals surface area contributed by atoms with Gasteiger partial charge in [0.15, 0.2) is 0 Å². The van der Waals surface area contributed by atoms with Gasteiger partial charge >= 0.3 is 12.0 Å². The number of anilines is 1. The monoisotopic (exact) mass is 355 g/mol. The molecule has 1 aromatic heterocycles. The summed E-state index contributed by atoms with van der Waals surface area (Å²) in [5.74, 6) is -0.460. The molecule has 2 fully saturated rings. The van der Waals surface area contributed by atoms with Crippen molar-refractivity contribution in [2.24, 2.45) is 0 Å². The number of ether oxygens (including phenoxy) is 1. The molecular formula is C19H21N3O4. The number of amides is 3. The van der Waals surface area contributed by atoms with Gasteiger partial charge in [-0.2, -0.15) is 0 Å². The molecular weight excluding hydrogens is 334 g/mol. The molecule has 0 radical (unpaired) electrons. The Balaban J connectivity index is 1.66. The maximum atomic E-state index is 12.9. The Morgan fingerprint density at radius 1 is 1.27 bits per heavy atom. The number of hydrogen-bond donors (Lipinski definition) is 0. The van der Waals surface area contributed by atoms with Crippen molar-refractivity contribution < 1.29 is 19.1 Å². The van der Waals surface area contributed by atoms with E-state index in [-0.39, 0.29) is 24.5 Å². The summed E-state index contributed by atoms with van der Waals surface area (Å²) in [5.41, 5.74) is 0.701. The van der Waals surface area contributed by atoms with Crippen LogP contribution in [0.15, 0.2) is 30.5 Å². The number of carbonyl (C=O) groups is 3. The van der Waals surface area contributed by atoms with Crippen LogP contribution in [0.4, 0.5) is 10.5 Å². The third-order valence-electron chi connectivity index (χ3n) is 5.34. The second kappa shape index (κ2) is 5.86. The van der Waals surface area contributed by atoms with Crippen LogP contribution in [0.1, 0.15) is 26.7 Å². The molecule has 26 heavy (non-hydrogen) atoms. The maximum absolute atomic E-state index is 12.9. The summed E-state index contributed by atoms with van der Waals surface area (Å²) in [4.78, 5) is 40.3. The number of hydrogen-bond acceptors (Lipinski definition) is 4. The van der Waals surface area contributed by atoms with Crippen LogP contribution in [-0.2, 0) is 20.9 Å². The number of rotatable bonds is 4. The molecule has 1 atom stereocenters. The molecule has 2 aliphatic heterocycles. The van der Waals surface area contributed by atoms with Crippen molar-refractivity contribution in [3.8, 4) is 0 Å². The number of carbonyl (C=O) groups excluding carboxylic acids is 3. The van der Waals surface area contributed by atoms with Crippen LogP contribution in [0.2, 0.25) is 0 Å². The Hall–Kier alpha value is -2.83. The molecule has 4 rings (SSSR count). The number of esters is 1. The van der Waals surface area contributed by atoms with Gasteiger partial charge in [-0.3, -0.25) is 9.59 Å². The molecule has 2 saturated heterocycles. The third kappa shape index (κ3) is 2.30. The Labute approximate surface area is 151 Å². The molecule has 7 nitrogen and oxygen atoms in total. The first kappa shape index (κ1) is 16.6. The first-order valence-corrected chi connectivity index (χ1v) is 8.86. The van der Waals surface area contributed by atoms with E-state index in [0.717, 1.165) is 17.3 Å². The van der Waals surface area contributed by atoms with E-state index in [4.69, 9.17) is 4.74 Å². The summed E-state index contributed by atoms with van der Waals surface area (Å²) in [7, 11) is 0. The minimum absolute atomic E-state index is 0.129. The molecule has 0 aliphatic carbocycles. The van der Waals surface area contributed by atoms with Gasteiger partial charge in [0.05, 0.1) is 12.3 Å². The van der Waals surface area contributed by atoms with E-state index in [9.17, 15) is 14.4 Å². The second-order valence-corrected chi connectivity index (χ2v) is 6.94.